The Morgan fingerprint density at radius 1 is 1.10 bits per heavy atom. The molecular weight excluding hydrogens is 404 g/mol. The number of hydrogen-bond acceptors (Lipinski definition) is 7. The molecule has 156 valence electrons. The number of benzene rings is 2. The van der Waals surface area contributed by atoms with E-state index in [4.69, 9.17) is 9.72 Å². The first-order chi connectivity index (χ1) is 14.6. The number of thioether (sulfide) groups is 1. The number of aromatic nitrogens is 2. The molecule has 0 atom stereocenters. The van der Waals surface area contributed by atoms with Crippen molar-refractivity contribution in [3.63, 3.8) is 0 Å². The molecule has 30 heavy (non-hydrogen) atoms. The molecule has 1 aromatic heterocycles. The van der Waals surface area contributed by atoms with Gasteiger partial charge in [0, 0.05) is 44.1 Å². The summed E-state index contributed by atoms with van der Waals surface area (Å²) in [4.78, 5) is 30.8. The van der Waals surface area contributed by atoms with Crippen molar-refractivity contribution in [1.82, 2.24) is 14.5 Å². The van der Waals surface area contributed by atoms with E-state index in [9.17, 15) is 14.9 Å². The van der Waals surface area contributed by atoms with Crippen LogP contribution in [0.2, 0.25) is 0 Å². The lowest BCUT2D eigenvalue weighted by Gasteiger charge is -2.27. The van der Waals surface area contributed by atoms with Crippen LogP contribution in [-0.4, -0.2) is 52.2 Å². The van der Waals surface area contributed by atoms with Crippen molar-refractivity contribution >= 4 is 28.4 Å². The van der Waals surface area contributed by atoms with Gasteiger partial charge in [0.2, 0.25) is 0 Å². The predicted molar refractivity (Wildman–Crippen MR) is 116 cm³/mol. The molecule has 0 spiro atoms. The molecule has 4 rings (SSSR count). The highest BCUT2D eigenvalue weighted by Gasteiger charge is 2.15. The average Bonchev–Trinajstić information content (AvgIpc) is 2.78. The zero-order chi connectivity index (χ0) is 20.9. The van der Waals surface area contributed by atoms with Crippen LogP contribution in [0.5, 0.6) is 0 Å². The summed E-state index contributed by atoms with van der Waals surface area (Å²) in [6.45, 7) is 4.40. The largest absolute Gasteiger partial charge is 0.379 e. The van der Waals surface area contributed by atoms with Crippen molar-refractivity contribution in [3.8, 4) is 0 Å². The highest BCUT2D eigenvalue weighted by molar-refractivity contribution is 7.98. The van der Waals surface area contributed by atoms with Gasteiger partial charge in [-0.3, -0.25) is 24.4 Å². The number of non-ortho nitro benzene ring substituents is 1. The maximum atomic E-state index is 13.2. The zero-order valence-electron chi connectivity index (χ0n) is 16.4. The van der Waals surface area contributed by atoms with Crippen LogP contribution < -0.4 is 5.56 Å². The molecule has 0 radical (unpaired) electrons. The van der Waals surface area contributed by atoms with Crippen LogP contribution in [0.25, 0.3) is 10.9 Å². The van der Waals surface area contributed by atoms with E-state index in [-0.39, 0.29) is 11.2 Å². The number of fused-ring (bicyclic) bond motifs is 1. The van der Waals surface area contributed by atoms with Gasteiger partial charge in [-0.05, 0) is 17.7 Å². The van der Waals surface area contributed by atoms with Gasteiger partial charge in [-0.25, -0.2) is 4.98 Å². The Morgan fingerprint density at radius 2 is 1.90 bits per heavy atom. The molecule has 9 heteroatoms. The summed E-state index contributed by atoms with van der Waals surface area (Å²) >= 11 is 1.42. The summed E-state index contributed by atoms with van der Waals surface area (Å²) in [7, 11) is 0. The van der Waals surface area contributed by atoms with Crippen LogP contribution in [0.1, 0.15) is 5.56 Å². The Morgan fingerprint density at radius 3 is 2.70 bits per heavy atom. The fourth-order valence-corrected chi connectivity index (χ4v) is 4.40. The smallest absolute Gasteiger partial charge is 0.269 e. The van der Waals surface area contributed by atoms with Crippen molar-refractivity contribution in [2.24, 2.45) is 0 Å². The number of nitrogens with zero attached hydrogens (tertiary/aromatic N) is 4. The lowest BCUT2D eigenvalue weighted by Crippen LogP contribution is -2.39. The molecule has 0 saturated carbocycles. The molecule has 3 aromatic rings. The number of nitro benzene ring substituents is 1. The van der Waals surface area contributed by atoms with Crippen molar-refractivity contribution in [2.45, 2.75) is 17.5 Å². The SMILES string of the molecule is O=c1c2ccccc2nc(SCc2cccc([N+](=O)[O-])c2)n1CCN1CCOCC1. The van der Waals surface area contributed by atoms with Gasteiger partial charge < -0.3 is 4.74 Å². The maximum Gasteiger partial charge on any atom is 0.269 e. The van der Waals surface area contributed by atoms with Gasteiger partial charge in [-0.2, -0.15) is 0 Å². The fourth-order valence-electron chi connectivity index (χ4n) is 3.43. The second-order valence-corrected chi connectivity index (χ2v) is 7.98. The average molecular weight is 426 g/mol. The van der Waals surface area contributed by atoms with E-state index in [1.165, 1.54) is 17.8 Å². The van der Waals surface area contributed by atoms with Gasteiger partial charge in [-0.1, -0.05) is 36.0 Å². The predicted octanol–water partition coefficient (Wildman–Crippen LogP) is 2.93. The summed E-state index contributed by atoms with van der Waals surface area (Å²) in [5.74, 6) is 0.490. The second-order valence-electron chi connectivity index (χ2n) is 7.04. The number of nitro groups is 1. The van der Waals surface area contributed by atoms with Gasteiger partial charge in [0.1, 0.15) is 0 Å². The molecule has 0 N–H and O–H groups in total. The summed E-state index contributed by atoms with van der Waals surface area (Å²) in [5, 5.41) is 12.3. The Bertz CT molecular complexity index is 1110. The van der Waals surface area contributed by atoms with E-state index in [1.54, 1.807) is 22.8 Å². The van der Waals surface area contributed by atoms with Crippen LogP contribution >= 0.6 is 11.8 Å². The Hall–Kier alpha value is -2.75. The molecule has 2 heterocycles. The van der Waals surface area contributed by atoms with E-state index in [0.717, 1.165) is 25.2 Å². The number of para-hydroxylation sites is 1. The normalized spacial score (nSPS) is 14.8. The van der Waals surface area contributed by atoms with Crippen LogP contribution in [0.15, 0.2) is 58.5 Å². The Kier molecular flexibility index (Phi) is 6.41. The molecule has 1 aliphatic heterocycles. The molecule has 1 aliphatic rings. The molecule has 0 aliphatic carbocycles. The van der Waals surface area contributed by atoms with Crippen LogP contribution in [-0.2, 0) is 17.0 Å². The summed E-state index contributed by atoms with van der Waals surface area (Å²) in [6, 6.07) is 13.9. The quantitative estimate of drug-likeness (QED) is 0.248. The van der Waals surface area contributed by atoms with Gasteiger partial charge in [-0.15, -0.1) is 0 Å². The van der Waals surface area contributed by atoms with E-state index >= 15 is 0 Å². The highest BCUT2D eigenvalue weighted by Crippen LogP contribution is 2.24. The minimum absolute atomic E-state index is 0.0595. The van der Waals surface area contributed by atoms with Crippen molar-refractivity contribution in [2.75, 3.05) is 32.8 Å². The number of hydrogen-bond donors (Lipinski definition) is 0. The van der Waals surface area contributed by atoms with Crippen molar-refractivity contribution < 1.29 is 9.66 Å². The zero-order valence-corrected chi connectivity index (χ0v) is 17.2. The summed E-state index contributed by atoms with van der Waals surface area (Å²) in [6.07, 6.45) is 0. The van der Waals surface area contributed by atoms with Gasteiger partial charge in [0.15, 0.2) is 5.16 Å². The van der Waals surface area contributed by atoms with Crippen molar-refractivity contribution in [1.29, 1.82) is 0 Å². The highest BCUT2D eigenvalue weighted by atomic mass is 32.2. The molecule has 2 aromatic carbocycles. The molecule has 0 bridgehead atoms. The minimum Gasteiger partial charge on any atom is -0.379 e. The molecule has 0 unspecified atom stereocenters. The molecule has 1 saturated heterocycles. The third-order valence-electron chi connectivity index (χ3n) is 5.06. The third-order valence-corrected chi connectivity index (χ3v) is 6.11. The second kappa shape index (κ2) is 9.38. The standard InChI is InChI=1S/C21H22N4O4S/c26-20-18-6-1-2-7-19(18)22-21(24(20)9-8-23-10-12-29-13-11-23)30-15-16-4-3-5-17(14-16)25(27)28/h1-7,14H,8-13,15H2. The number of morpholine rings is 1. The lowest BCUT2D eigenvalue weighted by molar-refractivity contribution is -0.384. The first kappa shape index (κ1) is 20.5. The number of ether oxygens (including phenoxy) is 1. The first-order valence-electron chi connectivity index (χ1n) is 9.77. The topological polar surface area (TPSA) is 90.5 Å². The molecule has 8 nitrogen and oxygen atoms in total. The summed E-state index contributed by atoms with van der Waals surface area (Å²) in [5.41, 5.74) is 1.47. The summed E-state index contributed by atoms with van der Waals surface area (Å²) < 4.78 is 7.12. The Labute approximate surface area is 177 Å². The Balaban J connectivity index is 1.60. The van der Waals surface area contributed by atoms with Gasteiger partial charge in [0.05, 0.1) is 29.0 Å². The van der Waals surface area contributed by atoms with Crippen LogP contribution in [0, 0.1) is 10.1 Å². The maximum absolute atomic E-state index is 13.2. The van der Waals surface area contributed by atoms with Crippen molar-refractivity contribution in [3.05, 3.63) is 74.6 Å². The van der Waals surface area contributed by atoms with E-state index < -0.39 is 4.92 Å². The van der Waals surface area contributed by atoms with Crippen LogP contribution in [0.4, 0.5) is 5.69 Å². The molecular formula is C21H22N4O4S. The first-order valence-corrected chi connectivity index (χ1v) is 10.8. The van der Waals surface area contributed by atoms with E-state index in [1.807, 2.05) is 24.3 Å². The number of rotatable bonds is 7. The third kappa shape index (κ3) is 4.69. The minimum atomic E-state index is -0.402. The lowest BCUT2D eigenvalue weighted by atomic mass is 10.2. The van der Waals surface area contributed by atoms with Gasteiger partial charge >= 0.3 is 0 Å². The molecule has 0 amide bonds. The fraction of sp³-hybridized carbons (Fsp3) is 0.333. The van der Waals surface area contributed by atoms with Gasteiger partial charge in [0.25, 0.3) is 11.2 Å². The molecule has 1 fully saturated rings. The van der Waals surface area contributed by atoms with E-state index in [2.05, 4.69) is 4.90 Å². The van der Waals surface area contributed by atoms with E-state index in [0.29, 0.717) is 41.6 Å². The van der Waals surface area contributed by atoms with Crippen LogP contribution in [0.3, 0.4) is 0 Å². The monoisotopic (exact) mass is 426 g/mol.